The molecule has 1 amide bonds. The van der Waals surface area contributed by atoms with Crippen LogP contribution in [0.5, 0.6) is 0 Å². The van der Waals surface area contributed by atoms with Gasteiger partial charge in [-0.1, -0.05) is 18.5 Å². The van der Waals surface area contributed by atoms with Crippen molar-refractivity contribution in [1.29, 1.82) is 0 Å². The van der Waals surface area contributed by atoms with E-state index in [1.165, 1.54) is 0 Å². The lowest BCUT2D eigenvalue weighted by atomic mass is 10.2. The Morgan fingerprint density at radius 1 is 1.56 bits per heavy atom. The van der Waals surface area contributed by atoms with Gasteiger partial charge in [-0.25, -0.2) is 18.4 Å². The van der Waals surface area contributed by atoms with Crippen LogP contribution in [0, 0.1) is 0 Å². The number of halogens is 1. The van der Waals surface area contributed by atoms with E-state index in [0.717, 1.165) is 18.9 Å². The van der Waals surface area contributed by atoms with Crippen LogP contribution in [0.3, 0.4) is 0 Å². The van der Waals surface area contributed by atoms with Crippen LogP contribution in [0.15, 0.2) is 11.4 Å². The summed E-state index contributed by atoms with van der Waals surface area (Å²) in [5.41, 5.74) is -0.132. The third kappa shape index (κ3) is 3.64. The van der Waals surface area contributed by atoms with Gasteiger partial charge in [0.25, 0.3) is 5.91 Å². The zero-order chi connectivity index (χ0) is 13.9. The SMILES string of the molecule is CC[C@H](C)NC(=O)c1nc(S(C)(=O)=O)ncc1Cl. The molecule has 0 saturated heterocycles. The first-order valence-electron chi connectivity index (χ1n) is 5.29. The molecule has 0 saturated carbocycles. The zero-order valence-electron chi connectivity index (χ0n) is 10.3. The Morgan fingerprint density at radius 2 is 2.17 bits per heavy atom. The van der Waals surface area contributed by atoms with Gasteiger partial charge in [-0.05, 0) is 13.3 Å². The van der Waals surface area contributed by atoms with E-state index < -0.39 is 20.9 Å². The highest BCUT2D eigenvalue weighted by atomic mass is 35.5. The third-order valence-corrected chi connectivity index (χ3v) is 3.40. The van der Waals surface area contributed by atoms with Crippen LogP contribution in [0.1, 0.15) is 30.8 Å². The second-order valence-corrected chi connectivity index (χ2v) is 6.22. The van der Waals surface area contributed by atoms with Gasteiger partial charge in [-0.3, -0.25) is 4.79 Å². The lowest BCUT2D eigenvalue weighted by Crippen LogP contribution is -2.33. The lowest BCUT2D eigenvalue weighted by Gasteiger charge is -2.11. The average Bonchev–Trinajstić information content (AvgIpc) is 2.27. The minimum Gasteiger partial charge on any atom is -0.348 e. The summed E-state index contributed by atoms with van der Waals surface area (Å²) in [6.45, 7) is 3.74. The molecule has 18 heavy (non-hydrogen) atoms. The summed E-state index contributed by atoms with van der Waals surface area (Å²) in [4.78, 5) is 19.1. The summed E-state index contributed by atoms with van der Waals surface area (Å²) in [7, 11) is -3.57. The molecule has 1 atom stereocenters. The number of rotatable bonds is 4. The van der Waals surface area contributed by atoms with Gasteiger partial charge in [0.1, 0.15) is 0 Å². The van der Waals surface area contributed by atoms with Gasteiger partial charge in [0, 0.05) is 12.3 Å². The van der Waals surface area contributed by atoms with E-state index in [4.69, 9.17) is 11.6 Å². The molecule has 0 aliphatic heterocycles. The highest BCUT2D eigenvalue weighted by Gasteiger charge is 2.19. The normalized spacial score (nSPS) is 13.1. The van der Waals surface area contributed by atoms with Crippen molar-refractivity contribution in [1.82, 2.24) is 15.3 Å². The molecule has 100 valence electrons. The molecular weight excluding hydrogens is 278 g/mol. The molecule has 1 aromatic rings. The third-order valence-electron chi connectivity index (χ3n) is 2.26. The molecule has 1 heterocycles. The summed E-state index contributed by atoms with van der Waals surface area (Å²) in [5.74, 6) is -0.512. The number of amides is 1. The van der Waals surface area contributed by atoms with Crippen LogP contribution in [0.2, 0.25) is 5.02 Å². The lowest BCUT2D eigenvalue weighted by molar-refractivity contribution is 0.0933. The largest absolute Gasteiger partial charge is 0.348 e. The Balaban J connectivity index is 3.12. The molecular formula is C10H14ClN3O3S. The topological polar surface area (TPSA) is 89.0 Å². The van der Waals surface area contributed by atoms with Crippen molar-refractivity contribution >= 4 is 27.3 Å². The fourth-order valence-electron chi connectivity index (χ4n) is 1.08. The maximum Gasteiger partial charge on any atom is 0.271 e. The van der Waals surface area contributed by atoms with Gasteiger partial charge < -0.3 is 5.32 Å². The maximum atomic E-state index is 11.8. The molecule has 0 unspecified atom stereocenters. The monoisotopic (exact) mass is 291 g/mol. The number of aromatic nitrogens is 2. The van der Waals surface area contributed by atoms with Gasteiger partial charge >= 0.3 is 0 Å². The highest BCUT2D eigenvalue weighted by molar-refractivity contribution is 7.90. The maximum absolute atomic E-state index is 11.8. The van der Waals surface area contributed by atoms with Crippen molar-refractivity contribution in [2.45, 2.75) is 31.5 Å². The Bertz CT molecular complexity index is 559. The van der Waals surface area contributed by atoms with E-state index in [1.54, 1.807) is 0 Å². The van der Waals surface area contributed by atoms with E-state index in [-0.39, 0.29) is 16.8 Å². The van der Waals surface area contributed by atoms with Crippen molar-refractivity contribution in [3.8, 4) is 0 Å². The fraction of sp³-hybridized carbons (Fsp3) is 0.500. The molecule has 8 heteroatoms. The van der Waals surface area contributed by atoms with E-state index in [2.05, 4.69) is 15.3 Å². The first-order valence-corrected chi connectivity index (χ1v) is 7.56. The summed E-state index contributed by atoms with van der Waals surface area (Å²) in [6, 6.07) is -0.0507. The molecule has 6 nitrogen and oxygen atoms in total. The van der Waals surface area contributed by atoms with E-state index in [0.29, 0.717) is 0 Å². The number of carbonyl (C=O) groups is 1. The molecule has 0 bridgehead atoms. The smallest absolute Gasteiger partial charge is 0.271 e. The second-order valence-electron chi connectivity index (χ2n) is 3.90. The van der Waals surface area contributed by atoms with Crippen LogP contribution in [0.4, 0.5) is 0 Å². The van der Waals surface area contributed by atoms with Gasteiger partial charge in [0.05, 0.1) is 11.2 Å². The molecule has 0 radical (unpaired) electrons. The fourth-order valence-corrected chi connectivity index (χ4v) is 1.76. The van der Waals surface area contributed by atoms with Gasteiger partial charge in [0.2, 0.25) is 15.0 Å². The molecule has 0 aliphatic rings. The molecule has 0 spiro atoms. The quantitative estimate of drug-likeness (QED) is 0.838. The van der Waals surface area contributed by atoms with Gasteiger partial charge in [-0.2, -0.15) is 0 Å². The van der Waals surface area contributed by atoms with Crippen molar-refractivity contribution < 1.29 is 13.2 Å². The minimum absolute atomic E-state index is 0.0169. The number of sulfone groups is 1. The standard InChI is InChI=1S/C10H14ClN3O3S/c1-4-6(2)13-9(15)8-7(11)5-12-10(14-8)18(3,16)17/h5-6H,4H2,1-3H3,(H,13,15)/t6-/m0/s1. The van der Waals surface area contributed by atoms with Crippen molar-refractivity contribution in [2.75, 3.05) is 6.26 Å². The van der Waals surface area contributed by atoms with Gasteiger partial charge in [0.15, 0.2) is 5.69 Å². The van der Waals surface area contributed by atoms with Crippen LogP contribution >= 0.6 is 11.6 Å². The summed E-state index contributed by atoms with van der Waals surface area (Å²) in [5, 5.41) is 2.26. The predicted molar refractivity (Wildman–Crippen MR) is 67.4 cm³/mol. The van der Waals surface area contributed by atoms with Crippen molar-refractivity contribution in [2.24, 2.45) is 0 Å². The van der Waals surface area contributed by atoms with E-state index in [9.17, 15) is 13.2 Å². The van der Waals surface area contributed by atoms with E-state index >= 15 is 0 Å². The average molecular weight is 292 g/mol. The number of nitrogens with zero attached hydrogens (tertiary/aromatic N) is 2. The summed E-state index contributed by atoms with van der Waals surface area (Å²) in [6.07, 6.45) is 2.82. The van der Waals surface area contributed by atoms with Gasteiger partial charge in [-0.15, -0.1) is 0 Å². The van der Waals surface area contributed by atoms with Crippen LogP contribution < -0.4 is 5.32 Å². The van der Waals surface area contributed by atoms with Crippen LogP contribution in [-0.2, 0) is 9.84 Å². The molecule has 0 fully saturated rings. The molecule has 1 rings (SSSR count). The number of hydrogen-bond donors (Lipinski definition) is 1. The van der Waals surface area contributed by atoms with Crippen LogP contribution in [0.25, 0.3) is 0 Å². The number of carbonyl (C=O) groups excluding carboxylic acids is 1. The van der Waals surface area contributed by atoms with Crippen molar-refractivity contribution in [3.63, 3.8) is 0 Å². The van der Waals surface area contributed by atoms with Crippen molar-refractivity contribution in [3.05, 3.63) is 16.9 Å². The molecule has 1 aromatic heterocycles. The minimum atomic E-state index is -3.57. The number of hydrogen-bond acceptors (Lipinski definition) is 5. The Morgan fingerprint density at radius 3 is 2.67 bits per heavy atom. The highest BCUT2D eigenvalue weighted by Crippen LogP contribution is 2.14. The van der Waals surface area contributed by atoms with E-state index in [1.807, 2.05) is 13.8 Å². The zero-order valence-corrected chi connectivity index (χ0v) is 11.8. The first-order chi connectivity index (χ1) is 8.25. The molecule has 1 N–H and O–H groups in total. The first kappa shape index (κ1) is 14.8. The van der Waals surface area contributed by atoms with Crippen LogP contribution in [-0.4, -0.2) is 36.6 Å². The molecule has 0 aliphatic carbocycles. The second kappa shape index (κ2) is 5.62. The summed E-state index contributed by atoms with van der Waals surface area (Å²) < 4.78 is 22.6. The predicted octanol–water partition coefficient (Wildman–Crippen LogP) is 1.06. The Hall–Kier alpha value is -1.21. The number of nitrogens with one attached hydrogen (secondary N) is 1. The Kier molecular flexibility index (Phi) is 4.64. The molecule has 0 aromatic carbocycles. The summed E-state index contributed by atoms with van der Waals surface area (Å²) >= 11 is 5.79. The Labute approximate surface area is 111 Å².